The zero-order valence-electron chi connectivity index (χ0n) is 15.8. The minimum absolute atomic E-state index is 0.0126. The first-order valence-electron chi connectivity index (χ1n) is 8.60. The summed E-state index contributed by atoms with van der Waals surface area (Å²) >= 11 is 0. The molecule has 26 heavy (non-hydrogen) atoms. The van der Waals surface area contributed by atoms with Crippen LogP contribution in [-0.2, 0) is 14.8 Å². The van der Waals surface area contributed by atoms with Crippen LogP contribution in [0.5, 0.6) is 0 Å². The lowest BCUT2D eigenvalue weighted by Gasteiger charge is -2.35. The van der Waals surface area contributed by atoms with Crippen LogP contribution in [0.15, 0.2) is 9.31 Å². The standard InChI is InChI=1S/C17H26N2O6S/c1-10(2)11(3)16(20)18-6-8-19(9-7-18)26(23,24)15-13(5)25-12(4)14(15)17(21)22/h10-11H,6-9H2,1-5H3,(H,21,22). The Morgan fingerprint density at radius 1 is 1.04 bits per heavy atom. The minimum Gasteiger partial charge on any atom is -0.478 e. The van der Waals surface area contributed by atoms with Gasteiger partial charge in [-0.25, -0.2) is 13.2 Å². The Bertz CT molecular complexity index is 803. The van der Waals surface area contributed by atoms with Gasteiger partial charge < -0.3 is 14.4 Å². The summed E-state index contributed by atoms with van der Waals surface area (Å²) in [6.45, 7) is 9.51. The van der Waals surface area contributed by atoms with E-state index in [1.807, 2.05) is 20.8 Å². The second-order valence-corrected chi connectivity index (χ2v) is 8.86. The van der Waals surface area contributed by atoms with Gasteiger partial charge in [-0.15, -0.1) is 0 Å². The summed E-state index contributed by atoms with van der Waals surface area (Å²) in [5.41, 5.74) is -0.325. The Morgan fingerprint density at radius 2 is 1.58 bits per heavy atom. The first kappa shape index (κ1) is 20.4. The van der Waals surface area contributed by atoms with E-state index in [9.17, 15) is 23.1 Å². The zero-order chi connectivity index (χ0) is 19.8. The normalized spacial score (nSPS) is 17.5. The van der Waals surface area contributed by atoms with Gasteiger partial charge in [0, 0.05) is 32.1 Å². The second-order valence-electron chi connectivity index (χ2n) is 6.99. The van der Waals surface area contributed by atoms with Crippen molar-refractivity contribution >= 4 is 21.9 Å². The molecule has 1 unspecified atom stereocenters. The highest BCUT2D eigenvalue weighted by Crippen LogP contribution is 2.30. The number of hydrogen-bond acceptors (Lipinski definition) is 5. The molecule has 146 valence electrons. The molecule has 2 rings (SSSR count). The highest BCUT2D eigenvalue weighted by Gasteiger charge is 2.37. The van der Waals surface area contributed by atoms with Crippen molar-refractivity contribution in [3.05, 3.63) is 17.1 Å². The van der Waals surface area contributed by atoms with Crippen molar-refractivity contribution in [2.45, 2.75) is 39.5 Å². The molecule has 8 nitrogen and oxygen atoms in total. The Labute approximate surface area is 153 Å². The lowest BCUT2D eigenvalue weighted by Crippen LogP contribution is -2.52. The van der Waals surface area contributed by atoms with Crippen LogP contribution in [-0.4, -0.2) is 60.8 Å². The number of piperazine rings is 1. The van der Waals surface area contributed by atoms with Gasteiger partial charge in [0.25, 0.3) is 0 Å². The molecule has 0 spiro atoms. The van der Waals surface area contributed by atoms with Crippen LogP contribution in [0.25, 0.3) is 0 Å². The molecular formula is C17H26N2O6S. The van der Waals surface area contributed by atoms with Gasteiger partial charge in [0.15, 0.2) is 0 Å². The third-order valence-electron chi connectivity index (χ3n) is 4.96. The maximum Gasteiger partial charge on any atom is 0.340 e. The topological polar surface area (TPSA) is 108 Å². The van der Waals surface area contributed by atoms with E-state index in [4.69, 9.17) is 4.42 Å². The van der Waals surface area contributed by atoms with Crippen LogP contribution in [0, 0.1) is 25.7 Å². The predicted molar refractivity (Wildman–Crippen MR) is 94.5 cm³/mol. The number of nitrogens with zero attached hydrogens (tertiary/aromatic N) is 2. The van der Waals surface area contributed by atoms with Gasteiger partial charge in [-0.05, 0) is 19.8 Å². The van der Waals surface area contributed by atoms with Crippen LogP contribution in [0.4, 0.5) is 0 Å². The van der Waals surface area contributed by atoms with Crippen LogP contribution >= 0.6 is 0 Å². The van der Waals surface area contributed by atoms with Gasteiger partial charge in [0.2, 0.25) is 15.9 Å². The van der Waals surface area contributed by atoms with Gasteiger partial charge in [0.1, 0.15) is 22.0 Å². The predicted octanol–water partition coefficient (Wildman–Crippen LogP) is 1.72. The third kappa shape index (κ3) is 3.64. The fourth-order valence-corrected chi connectivity index (χ4v) is 4.87. The number of carbonyl (C=O) groups excluding carboxylic acids is 1. The highest BCUT2D eigenvalue weighted by molar-refractivity contribution is 7.89. The van der Waals surface area contributed by atoms with Crippen molar-refractivity contribution in [1.29, 1.82) is 0 Å². The van der Waals surface area contributed by atoms with Crippen LogP contribution in [0.1, 0.15) is 42.6 Å². The molecule has 1 N–H and O–H groups in total. The molecule has 2 heterocycles. The van der Waals surface area contributed by atoms with Crippen molar-refractivity contribution in [1.82, 2.24) is 9.21 Å². The molecule has 1 fully saturated rings. The lowest BCUT2D eigenvalue weighted by atomic mass is 9.96. The summed E-state index contributed by atoms with van der Waals surface area (Å²) < 4.78 is 32.4. The molecule has 1 aromatic heterocycles. The fraction of sp³-hybridized carbons (Fsp3) is 0.647. The molecule has 9 heteroatoms. The SMILES string of the molecule is Cc1oc(C)c(S(=O)(=O)N2CCN(C(=O)C(C)C(C)C)CC2)c1C(=O)O. The summed E-state index contributed by atoms with van der Waals surface area (Å²) in [5.74, 6) is -1.12. The number of aryl methyl sites for hydroxylation is 2. The Kier molecular flexibility index (Phi) is 5.82. The largest absolute Gasteiger partial charge is 0.478 e. The number of sulfonamides is 1. The number of hydrogen-bond donors (Lipinski definition) is 1. The zero-order valence-corrected chi connectivity index (χ0v) is 16.6. The first-order chi connectivity index (χ1) is 12.0. The van der Waals surface area contributed by atoms with Crippen molar-refractivity contribution < 1.29 is 27.5 Å². The molecule has 1 aliphatic rings. The molecule has 0 saturated carbocycles. The molecule has 1 aromatic rings. The minimum atomic E-state index is -4.01. The number of carboxylic acids is 1. The maximum absolute atomic E-state index is 13.0. The summed E-state index contributed by atoms with van der Waals surface area (Å²) in [6, 6.07) is 0. The Morgan fingerprint density at radius 3 is 2.04 bits per heavy atom. The van der Waals surface area contributed by atoms with Gasteiger partial charge >= 0.3 is 5.97 Å². The third-order valence-corrected chi connectivity index (χ3v) is 7.01. The molecule has 0 aliphatic carbocycles. The van der Waals surface area contributed by atoms with Gasteiger partial charge in [0.05, 0.1) is 0 Å². The molecule has 0 aromatic carbocycles. The Hall–Kier alpha value is -1.87. The average Bonchev–Trinajstić information content (AvgIpc) is 2.88. The van der Waals surface area contributed by atoms with Crippen LogP contribution in [0.3, 0.4) is 0 Å². The monoisotopic (exact) mass is 386 g/mol. The molecule has 0 radical (unpaired) electrons. The van der Waals surface area contributed by atoms with E-state index in [1.165, 1.54) is 18.2 Å². The van der Waals surface area contributed by atoms with Crippen molar-refractivity contribution in [3.8, 4) is 0 Å². The summed E-state index contributed by atoms with van der Waals surface area (Å²) in [4.78, 5) is 25.3. The fourth-order valence-electron chi connectivity index (χ4n) is 3.07. The highest BCUT2D eigenvalue weighted by atomic mass is 32.2. The molecule has 1 aliphatic heterocycles. The van der Waals surface area contributed by atoms with Crippen molar-refractivity contribution in [3.63, 3.8) is 0 Å². The Balaban J connectivity index is 2.22. The number of carboxylic acid groups (broad SMARTS) is 1. The number of amides is 1. The van der Waals surface area contributed by atoms with Gasteiger partial charge in [-0.1, -0.05) is 20.8 Å². The van der Waals surface area contributed by atoms with Gasteiger partial charge in [-0.3, -0.25) is 4.79 Å². The van der Waals surface area contributed by atoms with Crippen LogP contribution in [0.2, 0.25) is 0 Å². The van der Waals surface area contributed by atoms with E-state index in [2.05, 4.69) is 0 Å². The van der Waals surface area contributed by atoms with Crippen molar-refractivity contribution in [2.75, 3.05) is 26.2 Å². The first-order valence-corrected chi connectivity index (χ1v) is 10.0. The number of aromatic carboxylic acids is 1. The van der Waals surface area contributed by atoms with E-state index in [-0.39, 0.29) is 65.9 Å². The summed E-state index contributed by atoms with van der Waals surface area (Å²) in [6.07, 6.45) is 0. The molecular weight excluding hydrogens is 360 g/mol. The quantitative estimate of drug-likeness (QED) is 0.825. The van der Waals surface area contributed by atoms with E-state index < -0.39 is 16.0 Å². The number of furan rings is 1. The lowest BCUT2D eigenvalue weighted by molar-refractivity contribution is -0.137. The van der Waals surface area contributed by atoms with Gasteiger partial charge in [-0.2, -0.15) is 4.31 Å². The second kappa shape index (κ2) is 7.40. The number of carbonyl (C=O) groups is 2. The molecule has 0 bridgehead atoms. The van der Waals surface area contributed by atoms with E-state index in [0.717, 1.165) is 0 Å². The van der Waals surface area contributed by atoms with Crippen LogP contribution < -0.4 is 0 Å². The van der Waals surface area contributed by atoms with Crippen molar-refractivity contribution in [2.24, 2.45) is 11.8 Å². The summed E-state index contributed by atoms with van der Waals surface area (Å²) in [7, 11) is -4.01. The van der Waals surface area contributed by atoms with E-state index >= 15 is 0 Å². The summed E-state index contributed by atoms with van der Waals surface area (Å²) in [5, 5.41) is 9.35. The molecule has 1 saturated heterocycles. The number of rotatable bonds is 5. The molecule has 1 atom stereocenters. The maximum atomic E-state index is 13.0. The average molecular weight is 386 g/mol. The molecule has 1 amide bonds. The van der Waals surface area contributed by atoms with E-state index in [1.54, 1.807) is 4.90 Å². The van der Waals surface area contributed by atoms with E-state index in [0.29, 0.717) is 0 Å². The smallest absolute Gasteiger partial charge is 0.340 e.